The maximum absolute atomic E-state index is 12.0. The molecule has 1 fully saturated rings. The van der Waals surface area contributed by atoms with Crippen molar-refractivity contribution in [1.29, 1.82) is 0 Å². The zero-order valence-electron chi connectivity index (χ0n) is 6.93. The van der Waals surface area contributed by atoms with Crippen molar-refractivity contribution in [2.75, 3.05) is 19.6 Å². The maximum atomic E-state index is 12.0. The Balaban J connectivity index is 2.23. The lowest BCUT2D eigenvalue weighted by Gasteiger charge is -2.38. The third-order valence-electron chi connectivity index (χ3n) is 2.08. The third kappa shape index (κ3) is 2.35. The molecule has 1 rings (SSSR count). The fourth-order valence-corrected chi connectivity index (χ4v) is 1.25. The highest BCUT2D eigenvalue weighted by atomic mass is 19.4. The van der Waals surface area contributed by atoms with Crippen LogP contribution in [0.2, 0.25) is 0 Å². The van der Waals surface area contributed by atoms with Gasteiger partial charge in [0.25, 0.3) is 0 Å². The van der Waals surface area contributed by atoms with Gasteiger partial charge in [0.1, 0.15) is 0 Å². The molecule has 1 atom stereocenters. The van der Waals surface area contributed by atoms with Crippen molar-refractivity contribution in [1.82, 2.24) is 4.90 Å². The fraction of sp³-hybridized carbons (Fsp3) is 1.00. The van der Waals surface area contributed by atoms with Crippen LogP contribution in [0.1, 0.15) is 6.92 Å². The van der Waals surface area contributed by atoms with Crippen molar-refractivity contribution < 1.29 is 13.2 Å². The van der Waals surface area contributed by atoms with E-state index >= 15 is 0 Å². The van der Waals surface area contributed by atoms with Gasteiger partial charge in [0.05, 0.1) is 5.92 Å². The summed E-state index contributed by atoms with van der Waals surface area (Å²) in [5, 5.41) is 0. The van der Waals surface area contributed by atoms with E-state index in [4.69, 9.17) is 5.73 Å². The second kappa shape index (κ2) is 3.22. The van der Waals surface area contributed by atoms with Crippen LogP contribution in [0.15, 0.2) is 0 Å². The van der Waals surface area contributed by atoms with E-state index in [2.05, 4.69) is 0 Å². The second-order valence-corrected chi connectivity index (χ2v) is 3.42. The molecule has 0 saturated carbocycles. The number of hydrogen-bond donors (Lipinski definition) is 1. The van der Waals surface area contributed by atoms with Crippen LogP contribution >= 0.6 is 0 Å². The fourth-order valence-electron chi connectivity index (χ4n) is 1.25. The molecule has 0 aliphatic carbocycles. The molecule has 1 heterocycles. The summed E-state index contributed by atoms with van der Waals surface area (Å²) in [5.41, 5.74) is 5.43. The van der Waals surface area contributed by atoms with Crippen LogP contribution in [0.5, 0.6) is 0 Å². The van der Waals surface area contributed by atoms with Crippen molar-refractivity contribution in [2.24, 2.45) is 11.7 Å². The summed E-state index contributed by atoms with van der Waals surface area (Å²) < 4.78 is 36.0. The molecule has 2 N–H and O–H groups in total. The predicted molar refractivity (Wildman–Crippen MR) is 39.6 cm³/mol. The quantitative estimate of drug-likeness (QED) is 0.685. The van der Waals surface area contributed by atoms with Crippen molar-refractivity contribution >= 4 is 0 Å². The van der Waals surface area contributed by atoms with Gasteiger partial charge in [0.15, 0.2) is 0 Å². The normalized spacial score (nSPS) is 23.8. The van der Waals surface area contributed by atoms with Crippen LogP contribution < -0.4 is 5.73 Å². The summed E-state index contributed by atoms with van der Waals surface area (Å²) in [7, 11) is 0. The SMILES string of the molecule is CC(CN1CC(N)C1)C(F)(F)F. The molecule has 0 amide bonds. The summed E-state index contributed by atoms with van der Waals surface area (Å²) >= 11 is 0. The van der Waals surface area contributed by atoms with E-state index in [1.807, 2.05) is 0 Å². The van der Waals surface area contributed by atoms with Crippen molar-refractivity contribution in [2.45, 2.75) is 19.1 Å². The Kier molecular flexibility index (Phi) is 2.63. The van der Waals surface area contributed by atoms with Crippen LogP contribution in [0, 0.1) is 5.92 Å². The van der Waals surface area contributed by atoms with Gasteiger partial charge in [0.2, 0.25) is 0 Å². The summed E-state index contributed by atoms with van der Waals surface area (Å²) in [6.07, 6.45) is -4.07. The Morgan fingerprint density at radius 1 is 1.50 bits per heavy atom. The van der Waals surface area contributed by atoms with E-state index in [1.54, 1.807) is 4.90 Å². The molecule has 1 saturated heterocycles. The molecule has 0 aromatic heterocycles. The first-order valence-electron chi connectivity index (χ1n) is 3.94. The number of rotatable bonds is 2. The molecule has 72 valence electrons. The average Bonchev–Trinajstić information content (AvgIpc) is 1.82. The number of hydrogen-bond acceptors (Lipinski definition) is 2. The molecule has 0 aromatic carbocycles. The van der Waals surface area contributed by atoms with E-state index in [0.29, 0.717) is 13.1 Å². The summed E-state index contributed by atoms with van der Waals surface area (Å²) in [4.78, 5) is 1.73. The van der Waals surface area contributed by atoms with Gasteiger partial charge in [-0.3, -0.25) is 4.90 Å². The summed E-state index contributed by atoms with van der Waals surface area (Å²) in [6, 6.07) is 0.0745. The molecule has 1 unspecified atom stereocenters. The lowest BCUT2D eigenvalue weighted by atomic mass is 10.1. The van der Waals surface area contributed by atoms with E-state index < -0.39 is 12.1 Å². The lowest BCUT2D eigenvalue weighted by Crippen LogP contribution is -2.57. The highest BCUT2D eigenvalue weighted by Gasteiger charge is 2.38. The number of nitrogens with two attached hydrogens (primary N) is 1. The van der Waals surface area contributed by atoms with Crippen LogP contribution in [-0.2, 0) is 0 Å². The number of nitrogens with zero attached hydrogens (tertiary/aromatic N) is 1. The van der Waals surface area contributed by atoms with Crippen LogP contribution in [0.4, 0.5) is 13.2 Å². The minimum absolute atomic E-state index is 0.0745. The van der Waals surface area contributed by atoms with Gasteiger partial charge in [-0.1, -0.05) is 6.92 Å². The molecule has 12 heavy (non-hydrogen) atoms. The minimum Gasteiger partial charge on any atom is -0.325 e. The Hall–Kier alpha value is -0.290. The molecule has 0 spiro atoms. The first kappa shape index (κ1) is 9.80. The average molecular weight is 182 g/mol. The molecular formula is C7H13F3N2. The molecule has 2 nitrogen and oxygen atoms in total. The van der Waals surface area contributed by atoms with Crippen molar-refractivity contribution in [3.8, 4) is 0 Å². The molecular weight excluding hydrogens is 169 g/mol. The van der Waals surface area contributed by atoms with Gasteiger partial charge in [-0.15, -0.1) is 0 Å². The molecule has 5 heteroatoms. The Labute approximate surface area is 69.5 Å². The standard InChI is InChI=1S/C7H13F3N2/c1-5(7(8,9)10)2-12-3-6(11)4-12/h5-6H,2-4,11H2,1H3. The first-order valence-corrected chi connectivity index (χ1v) is 3.94. The third-order valence-corrected chi connectivity index (χ3v) is 2.08. The Morgan fingerprint density at radius 3 is 2.33 bits per heavy atom. The molecule has 0 bridgehead atoms. The number of halogens is 3. The van der Waals surface area contributed by atoms with E-state index in [9.17, 15) is 13.2 Å². The van der Waals surface area contributed by atoms with E-state index in [-0.39, 0.29) is 12.6 Å². The van der Waals surface area contributed by atoms with Crippen LogP contribution in [0.3, 0.4) is 0 Å². The van der Waals surface area contributed by atoms with Crippen LogP contribution in [-0.4, -0.2) is 36.8 Å². The van der Waals surface area contributed by atoms with Gasteiger partial charge >= 0.3 is 6.18 Å². The Bertz CT molecular complexity index is 151. The van der Waals surface area contributed by atoms with Gasteiger partial charge in [-0.25, -0.2) is 0 Å². The molecule has 0 radical (unpaired) electrons. The van der Waals surface area contributed by atoms with Gasteiger partial charge < -0.3 is 5.73 Å². The highest BCUT2D eigenvalue weighted by molar-refractivity contribution is 4.84. The van der Waals surface area contributed by atoms with Crippen molar-refractivity contribution in [3.05, 3.63) is 0 Å². The smallest absolute Gasteiger partial charge is 0.325 e. The van der Waals surface area contributed by atoms with Gasteiger partial charge in [-0.05, 0) is 0 Å². The summed E-state index contributed by atoms with van der Waals surface area (Å²) in [5.74, 6) is -1.25. The molecule has 0 aromatic rings. The predicted octanol–water partition coefficient (Wildman–Crippen LogP) is 0.828. The Morgan fingerprint density at radius 2 is 2.00 bits per heavy atom. The maximum Gasteiger partial charge on any atom is 0.392 e. The molecule has 1 aliphatic heterocycles. The zero-order valence-corrected chi connectivity index (χ0v) is 6.93. The van der Waals surface area contributed by atoms with E-state index in [1.165, 1.54) is 6.92 Å². The second-order valence-electron chi connectivity index (χ2n) is 3.42. The molecule has 1 aliphatic rings. The van der Waals surface area contributed by atoms with E-state index in [0.717, 1.165) is 0 Å². The van der Waals surface area contributed by atoms with Gasteiger partial charge in [-0.2, -0.15) is 13.2 Å². The largest absolute Gasteiger partial charge is 0.392 e. The number of alkyl halides is 3. The highest BCUT2D eigenvalue weighted by Crippen LogP contribution is 2.27. The first-order chi connectivity index (χ1) is 5.39. The van der Waals surface area contributed by atoms with Crippen LogP contribution in [0.25, 0.3) is 0 Å². The zero-order chi connectivity index (χ0) is 9.35. The minimum atomic E-state index is -4.07. The van der Waals surface area contributed by atoms with Crippen molar-refractivity contribution in [3.63, 3.8) is 0 Å². The number of likely N-dealkylation sites (tertiary alicyclic amines) is 1. The summed E-state index contributed by atoms with van der Waals surface area (Å²) in [6.45, 7) is 2.47. The lowest BCUT2D eigenvalue weighted by molar-refractivity contribution is -0.176. The topological polar surface area (TPSA) is 29.3 Å². The monoisotopic (exact) mass is 182 g/mol. The van der Waals surface area contributed by atoms with Gasteiger partial charge in [0, 0.05) is 25.7 Å².